The average molecular weight is 456 g/mol. The van der Waals surface area contributed by atoms with Gasteiger partial charge in [-0.05, 0) is 42.0 Å². The second-order valence-corrected chi connectivity index (χ2v) is 8.30. The minimum absolute atomic E-state index is 0.265. The van der Waals surface area contributed by atoms with Crippen LogP contribution in [0, 0.1) is 0 Å². The maximum atomic E-state index is 10.9. The standard InChI is InChI=1S/C29H29NO4/c1-2-25(30-34-29(22-10-5-3-6-11-22)23-12-7-4-8-13-23)19-21-16-17-26-24(18-21)14-9-15-27(26)33-20-28(31)32/h3-15,18,29H,2,16-17,19-20H2,1H3,(H,31,32)/b30-25-. The molecule has 1 N–H and O–H groups in total. The summed E-state index contributed by atoms with van der Waals surface area (Å²) in [6, 6.07) is 26.1. The van der Waals surface area contributed by atoms with Gasteiger partial charge in [0.25, 0.3) is 0 Å². The zero-order valence-electron chi connectivity index (χ0n) is 19.3. The van der Waals surface area contributed by atoms with E-state index in [1.54, 1.807) is 0 Å². The first-order valence-electron chi connectivity index (χ1n) is 11.6. The molecule has 1 aliphatic carbocycles. The monoisotopic (exact) mass is 455 g/mol. The van der Waals surface area contributed by atoms with E-state index in [2.05, 4.69) is 42.4 Å². The summed E-state index contributed by atoms with van der Waals surface area (Å²) >= 11 is 0. The minimum Gasteiger partial charge on any atom is -0.482 e. The van der Waals surface area contributed by atoms with Crippen LogP contribution in [0.4, 0.5) is 0 Å². The predicted molar refractivity (Wildman–Crippen MR) is 134 cm³/mol. The van der Waals surface area contributed by atoms with Gasteiger partial charge in [0.1, 0.15) is 5.75 Å². The van der Waals surface area contributed by atoms with E-state index in [0.717, 1.165) is 53.6 Å². The van der Waals surface area contributed by atoms with Crippen LogP contribution in [0.2, 0.25) is 0 Å². The average Bonchev–Trinajstić information content (AvgIpc) is 2.88. The molecule has 0 radical (unpaired) electrons. The molecule has 0 spiro atoms. The summed E-state index contributed by atoms with van der Waals surface area (Å²) in [7, 11) is 0. The number of benzene rings is 3. The maximum absolute atomic E-state index is 10.9. The zero-order chi connectivity index (χ0) is 23.8. The lowest BCUT2D eigenvalue weighted by Gasteiger charge is -2.20. The van der Waals surface area contributed by atoms with E-state index in [1.165, 1.54) is 5.57 Å². The summed E-state index contributed by atoms with van der Waals surface area (Å²) in [4.78, 5) is 17.0. The molecule has 1 aliphatic rings. The van der Waals surface area contributed by atoms with Crippen LogP contribution in [0.15, 0.2) is 89.6 Å². The number of ether oxygens (including phenoxy) is 1. The Hall–Kier alpha value is -3.86. The van der Waals surface area contributed by atoms with Crippen molar-refractivity contribution in [1.82, 2.24) is 0 Å². The topological polar surface area (TPSA) is 68.1 Å². The lowest BCUT2D eigenvalue weighted by molar-refractivity contribution is -0.139. The Kier molecular flexibility index (Phi) is 7.76. The van der Waals surface area contributed by atoms with Crippen LogP contribution in [0.25, 0.3) is 6.08 Å². The van der Waals surface area contributed by atoms with Gasteiger partial charge in [-0.2, -0.15) is 0 Å². The van der Waals surface area contributed by atoms with Crippen LogP contribution in [-0.4, -0.2) is 23.4 Å². The van der Waals surface area contributed by atoms with E-state index in [0.29, 0.717) is 5.75 Å². The molecule has 0 bridgehead atoms. The number of aliphatic carboxylic acids is 1. The lowest BCUT2D eigenvalue weighted by atomic mass is 9.89. The number of oxime groups is 1. The molecule has 0 saturated carbocycles. The highest BCUT2D eigenvalue weighted by Gasteiger charge is 2.18. The lowest BCUT2D eigenvalue weighted by Crippen LogP contribution is -2.12. The molecule has 34 heavy (non-hydrogen) atoms. The third-order valence-corrected chi connectivity index (χ3v) is 5.91. The second kappa shape index (κ2) is 11.3. The molecule has 5 heteroatoms. The summed E-state index contributed by atoms with van der Waals surface area (Å²) in [5.41, 5.74) is 6.53. The third kappa shape index (κ3) is 5.93. The molecule has 3 aromatic carbocycles. The van der Waals surface area contributed by atoms with Crippen LogP contribution in [0.3, 0.4) is 0 Å². The molecule has 0 aliphatic heterocycles. The number of fused-ring (bicyclic) bond motifs is 1. The number of rotatable bonds is 10. The molecule has 3 aromatic rings. The first kappa shape index (κ1) is 23.3. The molecule has 0 aromatic heterocycles. The van der Waals surface area contributed by atoms with Crippen molar-refractivity contribution in [1.29, 1.82) is 0 Å². The fourth-order valence-electron chi connectivity index (χ4n) is 4.16. The molecule has 5 nitrogen and oxygen atoms in total. The summed E-state index contributed by atoms with van der Waals surface area (Å²) in [6.45, 7) is 1.76. The van der Waals surface area contributed by atoms with Gasteiger partial charge in [0.2, 0.25) is 0 Å². The number of carboxylic acid groups (broad SMARTS) is 1. The first-order chi connectivity index (χ1) is 16.6. The molecule has 0 atom stereocenters. The summed E-state index contributed by atoms with van der Waals surface area (Å²) < 4.78 is 5.48. The van der Waals surface area contributed by atoms with Gasteiger partial charge >= 0.3 is 5.97 Å². The first-order valence-corrected chi connectivity index (χ1v) is 11.6. The minimum atomic E-state index is -0.974. The van der Waals surface area contributed by atoms with Crippen molar-refractivity contribution < 1.29 is 19.5 Å². The Morgan fingerprint density at radius 1 is 0.941 bits per heavy atom. The molecular formula is C29H29NO4. The Bertz CT molecular complexity index is 1130. The Balaban J connectivity index is 1.51. The summed E-state index contributed by atoms with van der Waals surface area (Å²) in [5, 5.41) is 13.5. The van der Waals surface area contributed by atoms with Crippen LogP contribution >= 0.6 is 0 Å². The number of hydrogen-bond donors (Lipinski definition) is 1. The maximum Gasteiger partial charge on any atom is 0.341 e. The predicted octanol–water partition coefficient (Wildman–Crippen LogP) is 6.44. The normalized spacial score (nSPS) is 13.2. The van der Waals surface area contributed by atoms with Crippen LogP contribution in [0.5, 0.6) is 5.75 Å². The van der Waals surface area contributed by atoms with E-state index in [9.17, 15) is 4.79 Å². The largest absolute Gasteiger partial charge is 0.482 e. The fourth-order valence-corrected chi connectivity index (χ4v) is 4.16. The van der Waals surface area contributed by atoms with Crippen molar-refractivity contribution in [2.75, 3.05) is 6.61 Å². The zero-order valence-corrected chi connectivity index (χ0v) is 19.3. The smallest absolute Gasteiger partial charge is 0.341 e. The van der Waals surface area contributed by atoms with E-state index < -0.39 is 5.97 Å². The number of hydrogen-bond acceptors (Lipinski definition) is 4. The molecule has 0 heterocycles. The fraction of sp³-hybridized carbons (Fsp3) is 0.241. The molecule has 4 rings (SSSR count). The summed E-state index contributed by atoms with van der Waals surface area (Å²) in [5.74, 6) is -0.325. The highest BCUT2D eigenvalue weighted by Crippen LogP contribution is 2.33. The highest BCUT2D eigenvalue weighted by atomic mass is 16.6. The van der Waals surface area contributed by atoms with E-state index in [-0.39, 0.29) is 12.7 Å². The Morgan fingerprint density at radius 2 is 1.62 bits per heavy atom. The van der Waals surface area contributed by atoms with E-state index >= 15 is 0 Å². The number of allylic oxidation sites excluding steroid dienone is 1. The summed E-state index contributed by atoms with van der Waals surface area (Å²) in [6.07, 6.45) is 5.13. The van der Waals surface area contributed by atoms with Gasteiger partial charge in [-0.1, -0.05) is 96.5 Å². The van der Waals surface area contributed by atoms with Crippen molar-refractivity contribution in [2.24, 2.45) is 5.16 Å². The van der Waals surface area contributed by atoms with Crippen molar-refractivity contribution in [3.63, 3.8) is 0 Å². The molecule has 0 unspecified atom stereocenters. The number of carbonyl (C=O) groups is 1. The Labute approximate surface area is 200 Å². The van der Waals surface area contributed by atoms with Crippen LogP contribution < -0.4 is 4.74 Å². The molecule has 174 valence electrons. The van der Waals surface area contributed by atoms with E-state index in [1.807, 2.05) is 54.6 Å². The van der Waals surface area contributed by atoms with Gasteiger partial charge in [-0.3, -0.25) is 0 Å². The van der Waals surface area contributed by atoms with Crippen molar-refractivity contribution in [3.8, 4) is 5.75 Å². The molecule has 0 saturated heterocycles. The van der Waals surface area contributed by atoms with Crippen molar-refractivity contribution in [2.45, 2.75) is 38.7 Å². The van der Waals surface area contributed by atoms with Gasteiger partial charge in [0.05, 0.1) is 5.71 Å². The quantitative estimate of drug-likeness (QED) is 0.282. The Morgan fingerprint density at radius 3 is 2.24 bits per heavy atom. The van der Waals surface area contributed by atoms with E-state index in [4.69, 9.17) is 14.7 Å². The highest BCUT2D eigenvalue weighted by molar-refractivity contribution is 5.87. The van der Waals surface area contributed by atoms with Gasteiger partial charge in [-0.25, -0.2) is 4.79 Å². The molecule has 0 amide bonds. The molecular weight excluding hydrogens is 426 g/mol. The number of nitrogens with zero attached hydrogens (tertiary/aromatic N) is 1. The van der Waals surface area contributed by atoms with Gasteiger partial charge in [0, 0.05) is 12.0 Å². The second-order valence-electron chi connectivity index (χ2n) is 8.30. The molecule has 0 fully saturated rings. The van der Waals surface area contributed by atoms with Gasteiger partial charge < -0.3 is 14.7 Å². The van der Waals surface area contributed by atoms with Crippen LogP contribution in [0.1, 0.15) is 54.5 Å². The van der Waals surface area contributed by atoms with Gasteiger partial charge in [0.15, 0.2) is 12.7 Å². The van der Waals surface area contributed by atoms with Crippen molar-refractivity contribution >= 4 is 17.8 Å². The third-order valence-electron chi connectivity index (χ3n) is 5.91. The SMILES string of the molecule is CC/C(CC1=Cc2cccc(OCC(=O)O)c2CC1)=N/OC(c1ccccc1)c1ccccc1. The van der Waals surface area contributed by atoms with Crippen molar-refractivity contribution in [3.05, 3.63) is 107 Å². The number of carboxylic acids is 1. The van der Waals surface area contributed by atoms with Crippen LogP contribution in [-0.2, 0) is 16.1 Å². The van der Waals surface area contributed by atoms with Gasteiger partial charge in [-0.15, -0.1) is 0 Å².